The number of rotatable bonds is 2. The van der Waals surface area contributed by atoms with Gasteiger partial charge in [0, 0.05) is 12.7 Å². The number of halogens is 2. The van der Waals surface area contributed by atoms with Gasteiger partial charge in [-0.05, 0) is 24.1 Å². The lowest BCUT2D eigenvalue weighted by Crippen LogP contribution is -2.32. The van der Waals surface area contributed by atoms with Gasteiger partial charge in [0.2, 0.25) is 0 Å². The van der Waals surface area contributed by atoms with E-state index in [1.54, 1.807) is 12.1 Å². The number of aliphatic hydroxyl groups excluding tert-OH is 1. The third-order valence-corrected chi connectivity index (χ3v) is 3.94. The van der Waals surface area contributed by atoms with E-state index in [1.165, 1.54) is 29.6 Å². The molecule has 0 saturated carbocycles. The number of likely N-dealkylation sites (tertiary alicyclic amines) is 1. The maximum absolute atomic E-state index is 13.1. The van der Waals surface area contributed by atoms with Crippen molar-refractivity contribution in [1.29, 1.82) is 0 Å². The average Bonchev–Trinajstić information content (AvgIpc) is 2.90. The fourth-order valence-corrected chi connectivity index (χ4v) is 2.83. The molecule has 0 bridgehead atoms. The van der Waals surface area contributed by atoms with Crippen LogP contribution < -0.4 is 0 Å². The van der Waals surface area contributed by atoms with E-state index in [0.29, 0.717) is 6.42 Å². The number of benzene rings is 1. The highest BCUT2D eigenvalue weighted by atomic mass is 35.5. The number of hydrogen-bond acceptors (Lipinski definition) is 4. The summed E-state index contributed by atoms with van der Waals surface area (Å²) in [6.45, 7) is 0.182. The third-order valence-electron chi connectivity index (χ3n) is 3.66. The molecule has 2 aromatic rings. The lowest BCUT2D eigenvalue weighted by molar-refractivity contribution is 0.0710. The number of nitrogens with zero attached hydrogens (tertiary/aromatic N) is 3. The first kappa shape index (κ1) is 14.9. The van der Waals surface area contributed by atoms with Crippen LogP contribution in [-0.2, 0) is 0 Å². The average molecular weight is 322 g/mol. The van der Waals surface area contributed by atoms with Crippen LogP contribution in [0.2, 0.25) is 5.02 Å². The minimum Gasteiger partial charge on any atom is -0.391 e. The van der Waals surface area contributed by atoms with E-state index in [0.717, 1.165) is 5.56 Å². The number of carbonyl (C=O) groups is 1. The molecule has 2 unspecified atom stereocenters. The molecule has 2 heterocycles. The second kappa shape index (κ2) is 5.98. The lowest BCUT2D eigenvalue weighted by Gasteiger charge is -2.24. The van der Waals surface area contributed by atoms with Crippen molar-refractivity contribution in [3.05, 3.63) is 58.9 Å². The zero-order valence-corrected chi connectivity index (χ0v) is 12.2. The van der Waals surface area contributed by atoms with Gasteiger partial charge in [0.15, 0.2) is 0 Å². The van der Waals surface area contributed by atoms with Crippen LogP contribution in [0.25, 0.3) is 0 Å². The van der Waals surface area contributed by atoms with Crippen molar-refractivity contribution in [3.8, 4) is 0 Å². The molecule has 0 radical (unpaired) electrons. The first-order chi connectivity index (χ1) is 10.6. The zero-order chi connectivity index (χ0) is 15.7. The number of aliphatic hydroxyl groups is 1. The summed E-state index contributed by atoms with van der Waals surface area (Å²) in [5, 5.41) is 10.1. The Kier molecular flexibility index (Phi) is 4.04. The van der Waals surface area contributed by atoms with Crippen LogP contribution in [0.3, 0.4) is 0 Å². The van der Waals surface area contributed by atoms with E-state index in [1.807, 2.05) is 0 Å². The SMILES string of the molecule is O=C(c1ncncc1Cl)N1CC(O)CC1c1ccc(F)cc1. The lowest BCUT2D eigenvalue weighted by atomic mass is 10.0. The van der Waals surface area contributed by atoms with Gasteiger partial charge < -0.3 is 10.0 Å². The third kappa shape index (κ3) is 2.80. The van der Waals surface area contributed by atoms with E-state index in [-0.39, 0.29) is 35.0 Å². The minimum atomic E-state index is -0.639. The summed E-state index contributed by atoms with van der Waals surface area (Å²) in [6.07, 6.45) is 2.35. The highest BCUT2D eigenvalue weighted by Crippen LogP contribution is 2.33. The summed E-state index contributed by atoms with van der Waals surface area (Å²) in [5.74, 6) is -0.725. The molecule has 5 nitrogen and oxygen atoms in total. The molecule has 2 atom stereocenters. The summed E-state index contributed by atoms with van der Waals surface area (Å²) >= 11 is 5.96. The quantitative estimate of drug-likeness (QED) is 0.921. The first-order valence-corrected chi connectivity index (χ1v) is 7.14. The molecule has 1 aromatic heterocycles. The second-order valence-corrected chi connectivity index (χ2v) is 5.54. The van der Waals surface area contributed by atoms with Crippen LogP contribution in [0.1, 0.15) is 28.5 Å². The molecule has 1 fully saturated rings. The summed E-state index contributed by atoms with van der Waals surface area (Å²) < 4.78 is 13.1. The molecule has 7 heteroatoms. The standard InChI is InChI=1S/C15H13ClFN3O2/c16-12-6-18-8-19-14(12)15(22)20-7-11(21)5-13(20)9-1-3-10(17)4-2-9/h1-4,6,8,11,13,21H,5,7H2. The highest BCUT2D eigenvalue weighted by Gasteiger charge is 2.36. The molecule has 0 aliphatic carbocycles. The highest BCUT2D eigenvalue weighted by molar-refractivity contribution is 6.33. The van der Waals surface area contributed by atoms with Gasteiger partial charge in [0.05, 0.1) is 17.2 Å². The van der Waals surface area contributed by atoms with E-state index >= 15 is 0 Å². The van der Waals surface area contributed by atoms with Crippen LogP contribution in [0, 0.1) is 5.82 Å². The van der Waals surface area contributed by atoms with Crippen molar-refractivity contribution in [2.45, 2.75) is 18.6 Å². The van der Waals surface area contributed by atoms with Gasteiger partial charge in [-0.25, -0.2) is 14.4 Å². The fourth-order valence-electron chi connectivity index (χ4n) is 2.65. The van der Waals surface area contributed by atoms with Gasteiger partial charge in [-0.1, -0.05) is 23.7 Å². The van der Waals surface area contributed by atoms with Crippen LogP contribution >= 0.6 is 11.6 Å². The Balaban J connectivity index is 1.92. The van der Waals surface area contributed by atoms with Crippen molar-refractivity contribution < 1.29 is 14.3 Å². The van der Waals surface area contributed by atoms with Crippen molar-refractivity contribution in [1.82, 2.24) is 14.9 Å². The molecule has 1 amide bonds. The fraction of sp³-hybridized carbons (Fsp3) is 0.267. The minimum absolute atomic E-state index is 0.0953. The summed E-state index contributed by atoms with van der Waals surface area (Å²) in [6, 6.07) is 5.55. The maximum Gasteiger partial charge on any atom is 0.274 e. The van der Waals surface area contributed by atoms with Crippen LogP contribution in [-0.4, -0.2) is 38.5 Å². The Morgan fingerprint density at radius 2 is 2.09 bits per heavy atom. The number of carbonyl (C=O) groups excluding carboxylic acids is 1. The van der Waals surface area contributed by atoms with Gasteiger partial charge in [-0.3, -0.25) is 4.79 Å². The van der Waals surface area contributed by atoms with Gasteiger partial charge >= 0.3 is 0 Å². The molecule has 0 spiro atoms. The molecule has 1 aliphatic rings. The Morgan fingerprint density at radius 3 is 2.77 bits per heavy atom. The van der Waals surface area contributed by atoms with E-state index in [9.17, 15) is 14.3 Å². The Morgan fingerprint density at radius 1 is 1.36 bits per heavy atom. The largest absolute Gasteiger partial charge is 0.391 e. The van der Waals surface area contributed by atoms with Crippen molar-refractivity contribution >= 4 is 17.5 Å². The topological polar surface area (TPSA) is 66.3 Å². The smallest absolute Gasteiger partial charge is 0.274 e. The molecule has 1 saturated heterocycles. The molecule has 3 rings (SSSR count). The molecular weight excluding hydrogens is 309 g/mol. The number of β-amino-alcohol motifs (C(OH)–C–C–N with tert-alkyl or cyclic N) is 1. The molecule has 114 valence electrons. The van der Waals surface area contributed by atoms with Crippen LogP contribution in [0.5, 0.6) is 0 Å². The predicted octanol–water partition coefficient (Wildman–Crippen LogP) is 2.22. The Labute approximate surface area is 131 Å². The monoisotopic (exact) mass is 321 g/mol. The Bertz CT molecular complexity index is 695. The summed E-state index contributed by atoms with van der Waals surface area (Å²) in [7, 11) is 0. The van der Waals surface area contributed by atoms with Crippen LogP contribution in [0.15, 0.2) is 36.8 Å². The maximum atomic E-state index is 13.1. The second-order valence-electron chi connectivity index (χ2n) is 5.13. The van der Waals surface area contributed by atoms with Crippen molar-refractivity contribution in [2.24, 2.45) is 0 Å². The molecule has 1 aliphatic heterocycles. The summed E-state index contributed by atoms with van der Waals surface area (Å²) in [4.78, 5) is 21.8. The molecular formula is C15H13ClFN3O2. The Hall–Kier alpha value is -2.05. The van der Waals surface area contributed by atoms with Crippen molar-refractivity contribution in [2.75, 3.05) is 6.54 Å². The number of amides is 1. The van der Waals surface area contributed by atoms with E-state index in [4.69, 9.17) is 11.6 Å². The van der Waals surface area contributed by atoms with Crippen molar-refractivity contribution in [3.63, 3.8) is 0 Å². The van der Waals surface area contributed by atoms with Gasteiger partial charge in [0.25, 0.3) is 5.91 Å². The summed E-state index contributed by atoms with van der Waals surface area (Å²) in [5.41, 5.74) is 0.856. The normalized spacial score (nSPS) is 21.1. The molecule has 22 heavy (non-hydrogen) atoms. The zero-order valence-electron chi connectivity index (χ0n) is 11.5. The number of aromatic nitrogens is 2. The van der Waals surface area contributed by atoms with Gasteiger partial charge in [0.1, 0.15) is 17.8 Å². The van der Waals surface area contributed by atoms with E-state index < -0.39 is 6.10 Å². The predicted molar refractivity (Wildman–Crippen MR) is 77.8 cm³/mol. The van der Waals surface area contributed by atoms with Crippen LogP contribution in [0.4, 0.5) is 4.39 Å². The van der Waals surface area contributed by atoms with E-state index in [2.05, 4.69) is 9.97 Å². The van der Waals surface area contributed by atoms with Gasteiger partial charge in [-0.15, -0.1) is 0 Å². The molecule has 1 aromatic carbocycles. The molecule has 1 N–H and O–H groups in total. The van der Waals surface area contributed by atoms with Gasteiger partial charge in [-0.2, -0.15) is 0 Å². The first-order valence-electron chi connectivity index (χ1n) is 6.76. The number of hydrogen-bond donors (Lipinski definition) is 1.